The van der Waals surface area contributed by atoms with Crippen LogP contribution in [0.2, 0.25) is 5.02 Å². The van der Waals surface area contributed by atoms with Crippen molar-refractivity contribution in [3.63, 3.8) is 0 Å². The fourth-order valence-corrected chi connectivity index (χ4v) is 3.75. The quantitative estimate of drug-likeness (QED) is 0.420. The molecule has 0 unspecified atom stereocenters. The summed E-state index contributed by atoms with van der Waals surface area (Å²) >= 11 is 7.56. The van der Waals surface area contributed by atoms with Gasteiger partial charge in [-0.1, -0.05) is 41.6 Å². The van der Waals surface area contributed by atoms with Gasteiger partial charge in [-0.2, -0.15) is 0 Å². The summed E-state index contributed by atoms with van der Waals surface area (Å²) in [5, 5.41) is 9.32. The lowest BCUT2D eigenvalue weighted by molar-refractivity contribution is 0.848. The molecule has 0 spiro atoms. The van der Waals surface area contributed by atoms with Gasteiger partial charge in [-0.05, 0) is 31.2 Å². The van der Waals surface area contributed by atoms with Gasteiger partial charge >= 0.3 is 0 Å². The van der Waals surface area contributed by atoms with Crippen molar-refractivity contribution in [1.82, 2.24) is 24.3 Å². The third-order valence-electron chi connectivity index (χ3n) is 4.06. The monoisotopic (exact) mass is 398 g/mol. The van der Waals surface area contributed by atoms with Crippen molar-refractivity contribution in [2.24, 2.45) is 0 Å². The van der Waals surface area contributed by atoms with E-state index in [4.69, 9.17) is 17.4 Å². The number of thioether (sulfide) groups is 1. The van der Waals surface area contributed by atoms with Gasteiger partial charge in [0.05, 0.1) is 10.7 Å². The Bertz CT molecular complexity index is 1200. The van der Waals surface area contributed by atoms with Crippen LogP contribution in [0.3, 0.4) is 0 Å². The number of halogens is 1. The molecule has 0 amide bonds. The van der Waals surface area contributed by atoms with Crippen molar-refractivity contribution in [2.75, 3.05) is 5.84 Å². The zero-order valence-electron chi connectivity index (χ0n) is 14.3. The SMILES string of the molecule is Cc1cccc2nc(CSc3nnc(-c4ccccc4Cl)n3N)cc(=O)n12. The Morgan fingerprint density at radius 2 is 1.96 bits per heavy atom. The molecule has 2 N–H and O–H groups in total. The van der Waals surface area contributed by atoms with Gasteiger partial charge in [-0.3, -0.25) is 9.20 Å². The van der Waals surface area contributed by atoms with E-state index in [0.717, 1.165) is 5.69 Å². The third-order valence-corrected chi connectivity index (χ3v) is 5.37. The molecule has 0 saturated heterocycles. The van der Waals surface area contributed by atoms with Crippen molar-refractivity contribution in [2.45, 2.75) is 17.8 Å². The maximum atomic E-state index is 12.4. The van der Waals surface area contributed by atoms with Crippen LogP contribution in [0, 0.1) is 6.92 Å². The first kappa shape index (κ1) is 17.6. The molecular weight excluding hydrogens is 384 g/mol. The van der Waals surface area contributed by atoms with E-state index >= 15 is 0 Å². The van der Waals surface area contributed by atoms with Gasteiger partial charge in [0, 0.05) is 23.1 Å². The summed E-state index contributed by atoms with van der Waals surface area (Å²) in [4.78, 5) is 16.9. The number of fused-ring (bicyclic) bond motifs is 1. The second-order valence-electron chi connectivity index (χ2n) is 5.89. The lowest BCUT2D eigenvalue weighted by Crippen LogP contribution is -2.17. The van der Waals surface area contributed by atoms with Crippen molar-refractivity contribution in [1.29, 1.82) is 0 Å². The fraction of sp³-hybridized carbons (Fsp3) is 0.111. The van der Waals surface area contributed by atoms with E-state index in [-0.39, 0.29) is 5.56 Å². The van der Waals surface area contributed by atoms with Gasteiger partial charge in [0.15, 0.2) is 5.82 Å². The molecule has 7 nitrogen and oxygen atoms in total. The normalized spacial score (nSPS) is 11.2. The van der Waals surface area contributed by atoms with Gasteiger partial charge < -0.3 is 5.84 Å². The Morgan fingerprint density at radius 3 is 2.78 bits per heavy atom. The third kappa shape index (κ3) is 3.29. The number of benzene rings is 1. The predicted molar refractivity (Wildman–Crippen MR) is 106 cm³/mol. The van der Waals surface area contributed by atoms with Gasteiger partial charge in [-0.25, -0.2) is 9.66 Å². The molecule has 4 aromatic rings. The van der Waals surface area contributed by atoms with Crippen LogP contribution in [0.15, 0.2) is 58.5 Å². The number of hydrogen-bond donors (Lipinski definition) is 1. The summed E-state index contributed by atoms with van der Waals surface area (Å²) in [6, 6.07) is 14.4. The topological polar surface area (TPSA) is 91.1 Å². The largest absolute Gasteiger partial charge is 0.335 e. The predicted octanol–water partition coefficient (Wildman–Crippen LogP) is 2.92. The molecule has 1 aromatic carbocycles. The molecule has 9 heteroatoms. The number of aryl methyl sites for hydroxylation is 1. The highest BCUT2D eigenvalue weighted by atomic mass is 35.5. The zero-order valence-corrected chi connectivity index (χ0v) is 15.9. The first-order valence-electron chi connectivity index (χ1n) is 8.11. The molecule has 3 aromatic heterocycles. The van der Waals surface area contributed by atoms with E-state index in [2.05, 4.69) is 15.2 Å². The van der Waals surface area contributed by atoms with E-state index in [1.54, 1.807) is 10.5 Å². The lowest BCUT2D eigenvalue weighted by Gasteiger charge is -2.07. The number of rotatable bonds is 4. The Morgan fingerprint density at radius 1 is 1.15 bits per heavy atom. The minimum atomic E-state index is -0.111. The molecule has 0 aliphatic carbocycles. The molecule has 4 rings (SSSR count). The van der Waals surface area contributed by atoms with E-state index in [1.807, 2.05) is 43.3 Å². The summed E-state index contributed by atoms with van der Waals surface area (Å²) in [6.45, 7) is 1.87. The summed E-state index contributed by atoms with van der Waals surface area (Å²) < 4.78 is 2.97. The van der Waals surface area contributed by atoms with E-state index in [1.165, 1.54) is 22.5 Å². The van der Waals surface area contributed by atoms with E-state index in [9.17, 15) is 4.79 Å². The second kappa shape index (κ2) is 7.05. The minimum absolute atomic E-state index is 0.111. The van der Waals surface area contributed by atoms with Crippen LogP contribution in [-0.4, -0.2) is 24.3 Å². The molecule has 0 aliphatic rings. The van der Waals surface area contributed by atoms with Crippen molar-refractivity contribution in [3.8, 4) is 11.4 Å². The van der Waals surface area contributed by atoms with Gasteiger partial charge in [0.2, 0.25) is 5.16 Å². The number of nitrogens with zero attached hydrogens (tertiary/aromatic N) is 5. The highest BCUT2D eigenvalue weighted by molar-refractivity contribution is 7.98. The standard InChI is InChI=1S/C18H15ClN6OS/c1-11-5-4-8-15-21-12(9-16(26)24(11)15)10-27-18-23-22-17(25(18)20)13-6-2-3-7-14(13)19/h2-9H,10,20H2,1H3. The Hall–Kier alpha value is -2.84. The first-order valence-corrected chi connectivity index (χ1v) is 9.47. The summed E-state index contributed by atoms with van der Waals surface area (Å²) in [5.74, 6) is 7.05. The van der Waals surface area contributed by atoms with Crippen LogP contribution in [0.5, 0.6) is 0 Å². The molecule has 0 fully saturated rings. The molecule has 0 bridgehead atoms. The Balaban J connectivity index is 1.61. The molecule has 136 valence electrons. The molecule has 0 radical (unpaired) electrons. The molecule has 0 aliphatic heterocycles. The molecule has 27 heavy (non-hydrogen) atoms. The highest BCUT2D eigenvalue weighted by Crippen LogP contribution is 2.28. The fourth-order valence-electron chi connectivity index (χ4n) is 2.78. The lowest BCUT2D eigenvalue weighted by atomic mass is 10.2. The van der Waals surface area contributed by atoms with Crippen LogP contribution in [0.1, 0.15) is 11.4 Å². The summed E-state index contributed by atoms with van der Waals surface area (Å²) in [6.07, 6.45) is 0. The summed E-state index contributed by atoms with van der Waals surface area (Å²) in [7, 11) is 0. The van der Waals surface area contributed by atoms with Gasteiger partial charge in [0.25, 0.3) is 5.56 Å². The first-order chi connectivity index (χ1) is 13.0. The van der Waals surface area contributed by atoms with Gasteiger partial charge in [0.1, 0.15) is 5.65 Å². The van der Waals surface area contributed by atoms with Crippen LogP contribution >= 0.6 is 23.4 Å². The number of hydrogen-bond acceptors (Lipinski definition) is 6. The Kier molecular flexibility index (Phi) is 4.59. The minimum Gasteiger partial charge on any atom is -0.335 e. The zero-order chi connectivity index (χ0) is 19.0. The molecule has 0 saturated carbocycles. The second-order valence-corrected chi connectivity index (χ2v) is 7.24. The van der Waals surface area contributed by atoms with Crippen molar-refractivity contribution < 1.29 is 0 Å². The Labute approximate surface area is 163 Å². The van der Waals surface area contributed by atoms with Crippen LogP contribution in [0.4, 0.5) is 0 Å². The van der Waals surface area contributed by atoms with Crippen LogP contribution in [0.25, 0.3) is 17.0 Å². The number of nitrogens with two attached hydrogens (primary N) is 1. The molecule has 3 heterocycles. The van der Waals surface area contributed by atoms with Crippen LogP contribution in [-0.2, 0) is 5.75 Å². The molecular formula is C18H15ClN6OS. The van der Waals surface area contributed by atoms with Crippen LogP contribution < -0.4 is 11.4 Å². The van der Waals surface area contributed by atoms with Crippen molar-refractivity contribution in [3.05, 3.63) is 75.3 Å². The smallest absolute Gasteiger partial charge is 0.258 e. The number of aromatic nitrogens is 5. The van der Waals surface area contributed by atoms with Crippen molar-refractivity contribution >= 4 is 29.0 Å². The maximum Gasteiger partial charge on any atom is 0.258 e. The number of nitrogen functional groups attached to an aromatic ring is 1. The van der Waals surface area contributed by atoms with Gasteiger partial charge in [-0.15, -0.1) is 10.2 Å². The average Bonchev–Trinajstić information content (AvgIpc) is 3.01. The van der Waals surface area contributed by atoms with E-state index in [0.29, 0.717) is 38.7 Å². The highest BCUT2D eigenvalue weighted by Gasteiger charge is 2.15. The van der Waals surface area contributed by atoms with E-state index < -0.39 is 0 Å². The summed E-state index contributed by atoms with van der Waals surface area (Å²) in [5.41, 5.74) is 2.70. The maximum absolute atomic E-state index is 12.4. The average molecular weight is 399 g/mol. The number of pyridine rings is 1. The molecule has 0 atom stereocenters.